The quantitative estimate of drug-likeness (QED) is 0.588. The maximum Gasteiger partial charge on any atom is 0.194 e. The molecule has 7 nitrogen and oxygen atoms in total. The van der Waals surface area contributed by atoms with Crippen molar-refractivity contribution in [1.82, 2.24) is 20.1 Å². The highest BCUT2D eigenvalue weighted by atomic mass is 15.3. The highest BCUT2D eigenvalue weighted by Crippen LogP contribution is 2.24. The number of benzene rings is 1. The third kappa shape index (κ3) is 4.99. The number of nitrogens with zero attached hydrogens (tertiary/aromatic N) is 6. The van der Waals surface area contributed by atoms with Gasteiger partial charge in [0.25, 0.3) is 0 Å². The molecule has 1 N–H and O–H groups in total. The van der Waals surface area contributed by atoms with Crippen LogP contribution in [0.15, 0.2) is 41.5 Å². The number of guanidine groups is 1. The molecule has 0 saturated carbocycles. The van der Waals surface area contributed by atoms with Crippen LogP contribution in [0.25, 0.3) is 0 Å². The summed E-state index contributed by atoms with van der Waals surface area (Å²) < 4.78 is 0. The molecule has 2 aliphatic rings. The van der Waals surface area contributed by atoms with Crippen molar-refractivity contribution in [3.05, 3.63) is 53.2 Å². The second-order valence-electron chi connectivity index (χ2n) is 8.87. The first-order valence-corrected chi connectivity index (χ1v) is 11.7. The smallest absolute Gasteiger partial charge is 0.194 e. The Bertz CT molecular complexity index is 926. The van der Waals surface area contributed by atoms with E-state index in [0.29, 0.717) is 0 Å². The van der Waals surface area contributed by atoms with Crippen LogP contribution in [0.2, 0.25) is 0 Å². The summed E-state index contributed by atoms with van der Waals surface area (Å²) in [4.78, 5) is 18.9. The normalized spacial score (nSPS) is 18.2. The van der Waals surface area contributed by atoms with E-state index in [-0.39, 0.29) is 0 Å². The number of piperazine rings is 2. The van der Waals surface area contributed by atoms with Crippen LogP contribution < -0.4 is 15.1 Å². The predicted molar refractivity (Wildman–Crippen MR) is 134 cm³/mol. The van der Waals surface area contributed by atoms with Crippen molar-refractivity contribution < 1.29 is 0 Å². The Hall–Kier alpha value is -2.80. The molecule has 2 saturated heterocycles. The summed E-state index contributed by atoms with van der Waals surface area (Å²) in [5, 5.41) is 3.60. The Kier molecular flexibility index (Phi) is 7.15. The minimum absolute atomic E-state index is 0.736. The van der Waals surface area contributed by atoms with Crippen molar-refractivity contribution in [3.63, 3.8) is 0 Å². The molecule has 32 heavy (non-hydrogen) atoms. The second-order valence-corrected chi connectivity index (χ2v) is 8.87. The lowest BCUT2D eigenvalue weighted by atomic mass is 10.1. The summed E-state index contributed by atoms with van der Waals surface area (Å²) in [6.45, 7) is 13.3. The van der Waals surface area contributed by atoms with Crippen molar-refractivity contribution in [1.29, 1.82) is 0 Å². The molecule has 1 aromatic heterocycles. The Labute approximate surface area is 192 Å². The number of anilines is 2. The van der Waals surface area contributed by atoms with Crippen LogP contribution in [0.1, 0.15) is 16.7 Å². The average Bonchev–Trinajstić information content (AvgIpc) is 2.83. The van der Waals surface area contributed by atoms with Gasteiger partial charge in [0.05, 0.1) is 0 Å². The summed E-state index contributed by atoms with van der Waals surface area (Å²) in [6.07, 6.45) is 1.90. The lowest BCUT2D eigenvalue weighted by Crippen LogP contribution is -2.52. The van der Waals surface area contributed by atoms with Crippen LogP contribution in [-0.2, 0) is 6.54 Å². The van der Waals surface area contributed by atoms with E-state index >= 15 is 0 Å². The number of aliphatic imine (C=N–C) groups is 1. The van der Waals surface area contributed by atoms with Gasteiger partial charge in [0, 0.05) is 83.4 Å². The highest BCUT2D eigenvalue weighted by molar-refractivity contribution is 5.80. The van der Waals surface area contributed by atoms with E-state index in [2.05, 4.69) is 75.1 Å². The highest BCUT2D eigenvalue weighted by Gasteiger charge is 2.22. The number of pyridine rings is 1. The number of aryl methyl sites for hydroxylation is 1. The summed E-state index contributed by atoms with van der Waals surface area (Å²) in [6, 6.07) is 10.8. The number of likely N-dealkylation sites (N-methyl/N-ethyl adjacent to an activating group) is 1. The summed E-state index contributed by atoms with van der Waals surface area (Å²) in [7, 11) is 4.06. The number of hydrogen-bond acceptors (Lipinski definition) is 5. The van der Waals surface area contributed by atoms with Gasteiger partial charge in [-0.25, -0.2) is 4.98 Å². The monoisotopic (exact) mass is 435 g/mol. The minimum atomic E-state index is 0.736. The molecule has 0 amide bonds. The fraction of sp³-hybridized carbons (Fsp3) is 0.520. The summed E-state index contributed by atoms with van der Waals surface area (Å²) in [5.41, 5.74) is 5.33. The Morgan fingerprint density at radius 2 is 1.66 bits per heavy atom. The Morgan fingerprint density at radius 3 is 2.38 bits per heavy atom. The molecule has 0 radical (unpaired) electrons. The Morgan fingerprint density at radius 1 is 0.938 bits per heavy atom. The fourth-order valence-corrected chi connectivity index (χ4v) is 4.62. The van der Waals surface area contributed by atoms with E-state index in [1.165, 1.54) is 22.4 Å². The largest absolute Gasteiger partial charge is 0.368 e. The molecule has 0 bridgehead atoms. The third-order valence-corrected chi connectivity index (χ3v) is 6.82. The molecule has 0 aliphatic carbocycles. The van der Waals surface area contributed by atoms with E-state index in [9.17, 15) is 0 Å². The zero-order valence-corrected chi connectivity index (χ0v) is 20.0. The van der Waals surface area contributed by atoms with Crippen molar-refractivity contribution in [2.24, 2.45) is 4.99 Å². The van der Waals surface area contributed by atoms with Crippen molar-refractivity contribution >= 4 is 17.5 Å². The first kappa shape index (κ1) is 22.4. The van der Waals surface area contributed by atoms with Gasteiger partial charge in [0.2, 0.25) is 0 Å². The van der Waals surface area contributed by atoms with Crippen LogP contribution in [0.5, 0.6) is 0 Å². The van der Waals surface area contributed by atoms with Gasteiger partial charge in [0.15, 0.2) is 5.96 Å². The molecular formula is C25H37N7. The maximum absolute atomic E-state index is 4.71. The molecule has 172 valence electrons. The fourth-order valence-electron chi connectivity index (χ4n) is 4.62. The van der Waals surface area contributed by atoms with Gasteiger partial charge in [-0.3, -0.25) is 4.99 Å². The molecule has 2 fully saturated rings. The lowest BCUT2D eigenvalue weighted by molar-refractivity contribution is 0.311. The number of aromatic nitrogens is 1. The lowest BCUT2D eigenvalue weighted by Gasteiger charge is -2.38. The van der Waals surface area contributed by atoms with E-state index in [1.807, 2.05) is 19.3 Å². The van der Waals surface area contributed by atoms with Crippen LogP contribution in [0, 0.1) is 13.8 Å². The number of rotatable bonds is 4. The van der Waals surface area contributed by atoms with E-state index in [1.54, 1.807) is 0 Å². The zero-order chi connectivity index (χ0) is 22.5. The van der Waals surface area contributed by atoms with Crippen LogP contribution in [0.4, 0.5) is 11.5 Å². The summed E-state index contributed by atoms with van der Waals surface area (Å²) in [5.74, 6) is 2.07. The van der Waals surface area contributed by atoms with E-state index < -0.39 is 0 Å². The van der Waals surface area contributed by atoms with Gasteiger partial charge < -0.3 is 24.9 Å². The summed E-state index contributed by atoms with van der Waals surface area (Å²) >= 11 is 0. The number of hydrogen-bond donors (Lipinski definition) is 1. The van der Waals surface area contributed by atoms with Crippen molar-refractivity contribution in [2.45, 2.75) is 20.4 Å². The minimum Gasteiger partial charge on any atom is -0.368 e. The molecule has 2 aliphatic heterocycles. The molecule has 0 spiro atoms. The second kappa shape index (κ2) is 10.2. The van der Waals surface area contributed by atoms with Gasteiger partial charge in [0.1, 0.15) is 5.82 Å². The third-order valence-electron chi connectivity index (χ3n) is 6.82. The Balaban J connectivity index is 1.36. The SMILES string of the molecule is CN=C(NCc1cccnc1N1CCN(C)CC1)N1CCN(c2cccc(C)c2C)CC1. The van der Waals surface area contributed by atoms with Gasteiger partial charge in [-0.15, -0.1) is 0 Å². The molecule has 3 heterocycles. The van der Waals surface area contributed by atoms with E-state index in [0.717, 1.165) is 70.7 Å². The topological polar surface area (TPSA) is 50.2 Å². The predicted octanol–water partition coefficient (Wildman–Crippen LogP) is 2.35. The van der Waals surface area contributed by atoms with Crippen molar-refractivity contribution in [2.75, 3.05) is 76.3 Å². The molecule has 1 aromatic carbocycles. The first-order chi connectivity index (χ1) is 15.6. The standard InChI is InChI=1S/C25H37N7/c1-20-7-5-9-23(21(20)2)30-15-17-32(18-16-30)25(26-3)28-19-22-8-6-10-27-24(22)31-13-11-29(4)12-14-31/h5-10H,11-19H2,1-4H3,(H,26,28). The molecular weight excluding hydrogens is 398 g/mol. The van der Waals surface area contributed by atoms with E-state index in [4.69, 9.17) is 4.98 Å². The molecule has 4 rings (SSSR count). The van der Waals surface area contributed by atoms with Gasteiger partial charge in [-0.05, 0) is 44.2 Å². The molecule has 2 aromatic rings. The van der Waals surface area contributed by atoms with Gasteiger partial charge in [-0.2, -0.15) is 0 Å². The maximum atomic E-state index is 4.71. The molecule has 0 unspecified atom stereocenters. The van der Waals surface area contributed by atoms with Crippen molar-refractivity contribution in [3.8, 4) is 0 Å². The number of nitrogens with one attached hydrogen (secondary N) is 1. The van der Waals surface area contributed by atoms with Crippen LogP contribution in [0.3, 0.4) is 0 Å². The molecule has 0 atom stereocenters. The average molecular weight is 436 g/mol. The van der Waals surface area contributed by atoms with Crippen LogP contribution >= 0.6 is 0 Å². The van der Waals surface area contributed by atoms with Crippen LogP contribution in [-0.4, -0.2) is 87.2 Å². The first-order valence-electron chi connectivity index (χ1n) is 11.7. The van der Waals surface area contributed by atoms with Gasteiger partial charge in [-0.1, -0.05) is 18.2 Å². The molecule has 7 heteroatoms. The zero-order valence-electron chi connectivity index (χ0n) is 20.0. The van der Waals surface area contributed by atoms with Gasteiger partial charge >= 0.3 is 0 Å².